The number of methoxy groups -OCH3 is 1. The van der Waals surface area contributed by atoms with Crippen LogP contribution in [0.3, 0.4) is 0 Å². The van der Waals surface area contributed by atoms with Gasteiger partial charge in [0.25, 0.3) is 0 Å². The fraction of sp³-hybridized carbons (Fsp3) is 0.444. The van der Waals surface area contributed by atoms with Crippen LogP contribution in [-0.4, -0.2) is 60.1 Å². The van der Waals surface area contributed by atoms with Crippen LogP contribution in [0, 0.1) is 6.92 Å². The molecule has 6 heteroatoms. The minimum Gasteiger partial charge on any atom is -0.453 e. The first kappa shape index (κ1) is 16.4. The molecule has 1 aliphatic heterocycles. The number of ether oxygens (including phenoxy) is 1. The maximum absolute atomic E-state index is 12.7. The number of nitrogens with one attached hydrogen (secondary N) is 1. The van der Waals surface area contributed by atoms with Crippen LogP contribution in [-0.2, 0) is 16.0 Å². The van der Waals surface area contributed by atoms with E-state index in [9.17, 15) is 9.59 Å². The average molecular weight is 329 g/mol. The Balaban J connectivity index is 1.70. The molecule has 128 valence electrons. The maximum atomic E-state index is 12.7. The summed E-state index contributed by atoms with van der Waals surface area (Å²) in [6.07, 6.45) is 0.832. The highest BCUT2D eigenvalue weighted by Crippen LogP contribution is 2.23. The number of carbonyl (C=O) groups excluding carboxylic acids is 2. The zero-order chi connectivity index (χ0) is 17.1. The monoisotopic (exact) mass is 329 g/mol. The third kappa shape index (κ3) is 3.22. The van der Waals surface area contributed by atoms with Crippen molar-refractivity contribution >= 4 is 22.9 Å². The fourth-order valence-corrected chi connectivity index (χ4v) is 3.30. The largest absolute Gasteiger partial charge is 0.453 e. The second kappa shape index (κ2) is 6.95. The zero-order valence-electron chi connectivity index (χ0n) is 14.2. The third-order valence-electron chi connectivity index (χ3n) is 4.64. The molecule has 0 aliphatic carbocycles. The van der Waals surface area contributed by atoms with Crippen molar-refractivity contribution < 1.29 is 14.3 Å². The topological polar surface area (TPSA) is 65.6 Å². The molecule has 3 rings (SSSR count). The minimum atomic E-state index is -0.322. The molecule has 0 atom stereocenters. The van der Waals surface area contributed by atoms with E-state index in [-0.39, 0.29) is 12.0 Å². The predicted molar refractivity (Wildman–Crippen MR) is 91.9 cm³/mol. The van der Waals surface area contributed by atoms with Crippen LogP contribution in [0.1, 0.15) is 17.7 Å². The molecule has 0 radical (unpaired) electrons. The molecule has 2 aromatic rings. The van der Waals surface area contributed by atoms with E-state index in [2.05, 4.69) is 4.98 Å². The summed E-state index contributed by atoms with van der Waals surface area (Å²) in [5.41, 5.74) is 3.16. The Labute approximate surface area is 141 Å². The highest BCUT2D eigenvalue weighted by molar-refractivity contribution is 5.90. The molecule has 2 amide bonds. The molecule has 0 unspecified atom stereocenters. The third-order valence-corrected chi connectivity index (χ3v) is 4.64. The van der Waals surface area contributed by atoms with Gasteiger partial charge in [0.15, 0.2) is 0 Å². The number of aromatic nitrogens is 1. The lowest BCUT2D eigenvalue weighted by Crippen LogP contribution is -2.37. The van der Waals surface area contributed by atoms with Gasteiger partial charge in [-0.25, -0.2) is 4.79 Å². The molecule has 0 bridgehead atoms. The number of para-hydroxylation sites is 1. The van der Waals surface area contributed by atoms with E-state index in [0.717, 1.165) is 28.6 Å². The van der Waals surface area contributed by atoms with E-state index in [1.165, 1.54) is 7.11 Å². The van der Waals surface area contributed by atoms with Crippen molar-refractivity contribution in [3.8, 4) is 0 Å². The van der Waals surface area contributed by atoms with E-state index < -0.39 is 0 Å². The first-order valence-electron chi connectivity index (χ1n) is 8.27. The van der Waals surface area contributed by atoms with Crippen molar-refractivity contribution in [1.29, 1.82) is 0 Å². The van der Waals surface area contributed by atoms with Crippen molar-refractivity contribution in [2.24, 2.45) is 0 Å². The number of rotatable bonds is 2. The van der Waals surface area contributed by atoms with E-state index in [1.807, 2.05) is 36.1 Å². The number of hydrogen-bond acceptors (Lipinski definition) is 3. The summed E-state index contributed by atoms with van der Waals surface area (Å²) in [5.74, 6) is 0.106. The number of H-pyrrole nitrogens is 1. The molecule has 1 aromatic heterocycles. The molecule has 0 saturated carbocycles. The molecular formula is C18H23N3O3. The molecule has 6 nitrogen and oxygen atoms in total. The van der Waals surface area contributed by atoms with Gasteiger partial charge in [0.1, 0.15) is 0 Å². The van der Waals surface area contributed by atoms with E-state index >= 15 is 0 Å². The van der Waals surface area contributed by atoms with E-state index in [0.29, 0.717) is 32.6 Å². The van der Waals surface area contributed by atoms with Gasteiger partial charge in [0.05, 0.1) is 13.5 Å². The van der Waals surface area contributed by atoms with Crippen molar-refractivity contribution in [2.45, 2.75) is 19.8 Å². The Kier molecular flexibility index (Phi) is 4.74. The van der Waals surface area contributed by atoms with Gasteiger partial charge in [0.2, 0.25) is 5.91 Å². The number of fused-ring (bicyclic) bond motifs is 1. The molecule has 1 aliphatic rings. The van der Waals surface area contributed by atoms with E-state index in [4.69, 9.17) is 4.74 Å². The van der Waals surface area contributed by atoms with Gasteiger partial charge in [-0.2, -0.15) is 0 Å². The highest BCUT2D eigenvalue weighted by Gasteiger charge is 2.23. The SMILES string of the molecule is COC(=O)N1CCCN(C(=O)Cc2c(C)[nH]c3ccccc23)CC1. The van der Waals surface area contributed by atoms with Crippen LogP contribution in [0.2, 0.25) is 0 Å². The summed E-state index contributed by atoms with van der Waals surface area (Å²) in [7, 11) is 1.38. The summed E-state index contributed by atoms with van der Waals surface area (Å²) in [4.78, 5) is 31.2. The molecule has 0 spiro atoms. The van der Waals surface area contributed by atoms with Gasteiger partial charge < -0.3 is 19.5 Å². The lowest BCUT2D eigenvalue weighted by atomic mass is 10.1. The van der Waals surface area contributed by atoms with Gasteiger partial charge in [-0.1, -0.05) is 18.2 Å². The van der Waals surface area contributed by atoms with Crippen molar-refractivity contribution in [2.75, 3.05) is 33.3 Å². The lowest BCUT2D eigenvalue weighted by Gasteiger charge is -2.21. The number of hydrogen-bond donors (Lipinski definition) is 1. The Morgan fingerprint density at radius 2 is 1.83 bits per heavy atom. The maximum Gasteiger partial charge on any atom is 0.409 e. The summed E-state index contributed by atoms with van der Waals surface area (Å²) in [6, 6.07) is 8.04. The molecule has 24 heavy (non-hydrogen) atoms. The van der Waals surface area contributed by atoms with Crippen LogP contribution < -0.4 is 0 Å². The minimum absolute atomic E-state index is 0.106. The van der Waals surface area contributed by atoms with Crippen molar-refractivity contribution in [3.63, 3.8) is 0 Å². The van der Waals surface area contributed by atoms with Gasteiger partial charge in [-0.05, 0) is 25.0 Å². The number of amides is 2. The molecule has 1 fully saturated rings. The molecule has 1 aromatic carbocycles. The average Bonchev–Trinajstić information content (AvgIpc) is 2.78. The summed E-state index contributed by atoms with van der Waals surface area (Å²) in [6.45, 7) is 4.38. The summed E-state index contributed by atoms with van der Waals surface area (Å²) >= 11 is 0. The van der Waals surface area contributed by atoms with Crippen molar-refractivity contribution in [3.05, 3.63) is 35.5 Å². The summed E-state index contributed by atoms with van der Waals surface area (Å²) in [5, 5.41) is 1.11. The normalized spacial score (nSPS) is 15.4. The van der Waals surface area contributed by atoms with Crippen molar-refractivity contribution in [1.82, 2.24) is 14.8 Å². The van der Waals surface area contributed by atoms with Gasteiger partial charge in [-0.15, -0.1) is 0 Å². The smallest absolute Gasteiger partial charge is 0.409 e. The van der Waals surface area contributed by atoms with Crippen LogP contribution in [0.4, 0.5) is 4.79 Å². The Bertz CT molecular complexity index is 753. The number of benzene rings is 1. The Morgan fingerprint density at radius 3 is 2.62 bits per heavy atom. The zero-order valence-corrected chi connectivity index (χ0v) is 14.2. The first-order chi connectivity index (χ1) is 11.6. The second-order valence-corrected chi connectivity index (χ2v) is 6.14. The van der Waals surface area contributed by atoms with Crippen LogP contribution >= 0.6 is 0 Å². The Morgan fingerprint density at radius 1 is 1.12 bits per heavy atom. The van der Waals surface area contributed by atoms with Gasteiger partial charge in [-0.3, -0.25) is 4.79 Å². The van der Waals surface area contributed by atoms with Crippen LogP contribution in [0.25, 0.3) is 10.9 Å². The van der Waals surface area contributed by atoms with Gasteiger partial charge >= 0.3 is 6.09 Å². The lowest BCUT2D eigenvalue weighted by molar-refractivity contribution is -0.130. The first-order valence-corrected chi connectivity index (χ1v) is 8.27. The highest BCUT2D eigenvalue weighted by atomic mass is 16.5. The van der Waals surface area contributed by atoms with Crippen LogP contribution in [0.5, 0.6) is 0 Å². The van der Waals surface area contributed by atoms with Crippen LogP contribution in [0.15, 0.2) is 24.3 Å². The second-order valence-electron chi connectivity index (χ2n) is 6.14. The van der Waals surface area contributed by atoms with E-state index in [1.54, 1.807) is 4.90 Å². The molecular weight excluding hydrogens is 306 g/mol. The predicted octanol–water partition coefficient (Wildman–Crippen LogP) is 2.32. The number of aromatic amines is 1. The quantitative estimate of drug-likeness (QED) is 0.919. The molecule has 1 N–H and O–H groups in total. The number of aryl methyl sites for hydroxylation is 1. The number of carbonyl (C=O) groups is 2. The fourth-order valence-electron chi connectivity index (χ4n) is 3.30. The Hall–Kier alpha value is -2.50. The molecule has 2 heterocycles. The summed E-state index contributed by atoms with van der Waals surface area (Å²) < 4.78 is 4.77. The standard InChI is InChI=1S/C18H23N3O3/c1-13-15(14-6-3-4-7-16(14)19-13)12-17(22)20-8-5-9-21(11-10-20)18(23)24-2/h3-4,6-7,19H,5,8-12H2,1-2H3. The number of nitrogens with zero attached hydrogens (tertiary/aromatic N) is 2. The van der Waals surface area contributed by atoms with Gasteiger partial charge in [0, 0.05) is 42.8 Å². The molecule has 1 saturated heterocycles.